The summed E-state index contributed by atoms with van der Waals surface area (Å²) >= 11 is 0. The third-order valence-corrected chi connectivity index (χ3v) is 5.37. The first-order chi connectivity index (χ1) is 12.1. The van der Waals surface area contributed by atoms with Crippen molar-refractivity contribution in [3.63, 3.8) is 0 Å². The minimum absolute atomic E-state index is 0.162. The molecule has 2 fully saturated rings. The van der Waals surface area contributed by atoms with Crippen LogP contribution in [-0.2, 0) is 16.0 Å². The summed E-state index contributed by atoms with van der Waals surface area (Å²) in [7, 11) is 0. The molecule has 1 atom stereocenters. The van der Waals surface area contributed by atoms with Gasteiger partial charge in [-0.2, -0.15) is 0 Å². The minimum atomic E-state index is -0.186. The van der Waals surface area contributed by atoms with Gasteiger partial charge in [0.2, 0.25) is 11.8 Å². The van der Waals surface area contributed by atoms with Crippen molar-refractivity contribution in [1.82, 2.24) is 9.80 Å². The molecule has 0 spiro atoms. The fourth-order valence-electron chi connectivity index (χ4n) is 3.92. The number of hydrogen-bond donors (Lipinski definition) is 0. The van der Waals surface area contributed by atoms with E-state index in [-0.39, 0.29) is 17.6 Å². The van der Waals surface area contributed by atoms with E-state index in [1.807, 2.05) is 15.9 Å². The minimum Gasteiger partial charge on any atom is -0.342 e. The summed E-state index contributed by atoms with van der Waals surface area (Å²) < 4.78 is 13.3. The fourth-order valence-corrected chi connectivity index (χ4v) is 3.92. The van der Waals surface area contributed by atoms with Crippen LogP contribution in [0.3, 0.4) is 0 Å². The van der Waals surface area contributed by atoms with Crippen molar-refractivity contribution < 1.29 is 14.0 Å². The van der Waals surface area contributed by atoms with Gasteiger partial charge in [-0.05, 0) is 55.7 Å². The van der Waals surface area contributed by atoms with Crippen LogP contribution >= 0.6 is 0 Å². The van der Waals surface area contributed by atoms with Gasteiger partial charge in [-0.15, -0.1) is 0 Å². The molecule has 0 aromatic heterocycles. The number of carbonyl (C=O) groups is 2. The van der Waals surface area contributed by atoms with Gasteiger partial charge in [0.1, 0.15) is 5.82 Å². The molecular formula is C20H27FN2O2. The number of piperidine rings is 1. The van der Waals surface area contributed by atoms with Crippen molar-refractivity contribution in [3.8, 4) is 0 Å². The lowest BCUT2D eigenvalue weighted by Crippen LogP contribution is -2.41. The summed E-state index contributed by atoms with van der Waals surface area (Å²) in [4.78, 5) is 27.9. The number of rotatable bonds is 6. The van der Waals surface area contributed by atoms with Crippen molar-refractivity contribution in [3.05, 3.63) is 35.6 Å². The van der Waals surface area contributed by atoms with Crippen LogP contribution in [0.25, 0.3) is 0 Å². The molecule has 5 heteroatoms. The van der Waals surface area contributed by atoms with Gasteiger partial charge in [-0.3, -0.25) is 9.59 Å². The zero-order valence-electron chi connectivity index (χ0n) is 14.8. The summed E-state index contributed by atoms with van der Waals surface area (Å²) in [6.45, 7) is 2.97. The number of halogens is 1. The lowest BCUT2D eigenvalue weighted by atomic mass is 9.91. The van der Waals surface area contributed by atoms with E-state index in [2.05, 4.69) is 0 Å². The summed E-state index contributed by atoms with van der Waals surface area (Å²) in [6, 6.07) is 6.78. The zero-order chi connectivity index (χ0) is 17.6. The molecule has 0 bridgehead atoms. The van der Waals surface area contributed by atoms with Crippen LogP contribution < -0.4 is 0 Å². The zero-order valence-corrected chi connectivity index (χ0v) is 14.8. The first-order valence-electron chi connectivity index (χ1n) is 9.42. The van der Waals surface area contributed by atoms with E-state index >= 15 is 0 Å². The van der Waals surface area contributed by atoms with Crippen LogP contribution in [0.15, 0.2) is 24.3 Å². The van der Waals surface area contributed by atoms with E-state index < -0.39 is 0 Å². The Labute approximate surface area is 149 Å². The number of benzene rings is 1. The Hall–Kier alpha value is -1.91. The highest BCUT2D eigenvalue weighted by Crippen LogP contribution is 2.22. The topological polar surface area (TPSA) is 40.6 Å². The quantitative estimate of drug-likeness (QED) is 0.794. The molecule has 25 heavy (non-hydrogen) atoms. The third kappa shape index (κ3) is 5.03. The Balaban J connectivity index is 1.43. The number of carbonyl (C=O) groups excluding carboxylic acids is 2. The van der Waals surface area contributed by atoms with Gasteiger partial charge in [0.05, 0.1) is 0 Å². The molecule has 2 heterocycles. The largest absolute Gasteiger partial charge is 0.342 e. The van der Waals surface area contributed by atoms with Gasteiger partial charge in [0, 0.05) is 39.0 Å². The monoisotopic (exact) mass is 346 g/mol. The second kappa shape index (κ2) is 8.45. The standard InChI is InChI=1S/C20H27FN2O2/c21-18-6-1-4-16(14-18)8-9-17-5-2-12-23(15-17)20(25)10-13-22-11-3-7-19(22)24/h1,4,6,14,17H,2-3,5,7-13,15H2/t17-/m1/s1. The molecular weight excluding hydrogens is 319 g/mol. The number of amides is 2. The van der Waals surface area contributed by atoms with Crippen molar-refractivity contribution in [1.29, 1.82) is 0 Å². The summed E-state index contributed by atoms with van der Waals surface area (Å²) in [6.07, 6.45) is 5.97. The fraction of sp³-hybridized carbons (Fsp3) is 0.600. The number of hydrogen-bond acceptors (Lipinski definition) is 2. The Morgan fingerprint density at radius 3 is 2.88 bits per heavy atom. The number of nitrogens with zero attached hydrogens (tertiary/aromatic N) is 2. The van der Waals surface area contributed by atoms with Crippen molar-refractivity contribution in [2.75, 3.05) is 26.2 Å². The van der Waals surface area contributed by atoms with E-state index in [0.717, 1.165) is 57.3 Å². The second-order valence-electron chi connectivity index (χ2n) is 7.25. The van der Waals surface area contributed by atoms with Crippen molar-refractivity contribution in [2.45, 2.75) is 44.9 Å². The predicted molar refractivity (Wildman–Crippen MR) is 94.5 cm³/mol. The van der Waals surface area contributed by atoms with Crippen LogP contribution in [0.1, 0.15) is 44.1 Å². The second-order valence-corrected chi connectivity index (χ2v) is 7.25. The molecule has 0 saturated carbocycles. The van der Waals surface area contributed by atoms with Crippen molar-refractivity contribution in [2.24, 2.45) is 5.92 Å². The van der Waals surface area contributed by atoms with E-state index in [4.69, 9.17) is 0 Å². The normalized spacial score (nSPS) is 21.0. The van der Waals surface area contributed by atoms with Gasteiger partial charge in [-0.25, -0.2) is 4.39 Å². The number of aryl methyl sites for hydroxylation is 1. The first kappa shape index (κ1) is 17.9. The molecule has 3 rings (SSSR count). The molecule has 136 valence electrons. The Morgan fingerprint density at radius 1 is 1.24 bits per heavy atom. The smallest absolute Gasteiger partial charge is 0.224 e. The maximum Gasteiger partial charge on any atom is 0.224 e. The maximum absolute atomic E-state index is 13.3. The molecule has 2 saturated heterocycles. The number of likely N-dealkylation sites (tertiary alicyclic amines) is 2. The van der Waals surface area contributed by atoms with E-state index in [0.29, 0.717) is 25.3 Å². The molecule has 4 nitrogen and oxygen atoms in total. The summed E-state index contributed by atoms with van der Waals surface area (Å²) in [5.74, 6) is 0.637. The molecule has 0 unspecified atom stereocenters. The Kier molecular flexibility index (Phi) is 6.05. The highest BCUT2D eigenvalue weighted by molar-refractivity contribution is 5.80. The van der Waals surface area contributed by atoms with Crippen molar-refractivity contribution >= 4 is 11.8 Å². The van der Waals surface area contributed by atoms with Crippen LogP contribution in [-0.4, -0.2) is 47.8 Å². The lowest BCUT2D eigenvalue weighted by Gasteiger charge is -2.33. The van der Waals surface area contributed by atoms with Crippen LogP contribution in [0.5, 0.6) is 0 Å². The Bertz CT molecular complexity index is 619. The van der Waals surface area contributed by atoms with E-state index in [9.17, 15) is 14.0 Å². The van der Waals surface area contributed by atoms with Gasteiger partial charge in [0.25, 0.3) is 0 Å². The van der Waals surface area contributed by atoms with Gasteiger partial charge >= 0.3 is 0 Å². The molecule has 2 amide bonds. The summed E-state index contributed by atoms with van der Waals surface area (Å²) in [5.41, 5.74) is 1.02. The highest BCUT2D eigenvalue weighted by Gasteiger charge is 2.25. The van der Waals surface area contributed by atoms with Crippen LogP contribution in [0.2, 0.25) is 0 Å². The molecule has 0 N–H and O–H groups in total. The maximum atomic E-state index is 13.3. The highest BCUT2D eigenvalue weighted by atomic mass is 19.1. The summed E-state index contributed by atoms with van der Waals surface area (Å²) in [5, 5.41) is 0. The lowest BCUT2D eigenvalue weighted by molar-refractivity contribution is -0.134. The average Bonchev–Trinajstić information content (AvgIpc) is 3.03. The van der Waals surface area contributed by atoms with E-state index in [1.165, 1.54) is 6.07 Å². The first-order valence-corrected chi connectivity index (χ1v) is 9.42. The van der Waals surface area contributed by atoms with E-state index in [1.54, 1.807) is 12.1 Å². The Morgan fingerprint density at radius 2 is 2.12 bits per heavy atom. The molecule has 2 aliphatic rings. The molecule has 2 aliphatic heterocycles. The molecule has 0 aliphatic carbocycles. The molecule has 1 aromatic carbocycles. The van der Waals surface area contributed by atoms with Gasteiger partial charge < -0.3 is 9.80 Å². The SMILES string of the molecule is O=C1CCCN1CCC(=O)N1CCC[C@H](CCc2cccc(F)c2)C1. The van der Waals surface area contributed by atoms with Gasteiger partial charge in [-0.1, -0.05) is 12.1 Å². The van der Waals surface area contributed by atoms with Gasteiger partial charge in [0.15, 0.2) is 0 Å². The third-order valence-electron chi connectivity index (χ3n) is 5.37. The molecule has 0 radical (unpaired) electrons. The predicted octanol–water partition coefficient (Wildman–Crippen LogP) is 3.01. The average molecular weight is 346 g/mol. The van der Waals surface area contributed by atoms with Crippen LogP contribution in [0, 0.1) is 11.7 Å². The molecule has 1 aromatic rings. The van der Waals surface area contributed by atoms with Crippen LogP contribution in [0.4, 0.5) is 4.39 Å².